The minimum Gasteiger partial charge on any atom is -0.364 e. The van der Waals surface area contributed by atoms with Crippen molar-refractivity contribution in [3.63, 3.8) is 0 Å². The Morgan fingerprint density at radius 2 is 1.86 bits per heavy atom. The molecule has 3 heterocycles. The summed E-state index contributed by atoms with van der Waals surface area (Å²) in [7, 11) is 1.48. The Labute approximate surface area is 198 Å². The first kappa shape index (κ1) is 24.5. The van der Waals surface area contributed by atoms with E-state index in [9.17, 15) is 22.8 Å². The molecule has 0 aliphatic carbocycles. The number of aryl methyl sites for hydroxylation is 1. The van der Waals surface area contributed by atoms with Gasteiger partial charge in [0, 0.05) is 26.4 Å². The molecule has 0 saturated carbocycles. The van der Waals surface area contributed by atoms with Crippen LogP contribution in [-0.2, 0) is 37.3 Å². The van der Waals surface area contributed by atoms with Crippen molar-refractivity contribution in [2.75, 3.05) is 7.11 Å². The highest BCUT2D eigenvalue weighted by atomic mass is 19.4. The van der Waals surface area contributed by atoms with Gasteiger partial charge in [0.15, 0.2) is 11.2 Å². The van der Waals surface area contributed by atoms with Crippen molar-refractivity contribution in [3.8, 4) is 11.4 Å². The number of halogens is 3. The zero-order valence-electron chi connectivity index (χ0n) is 19.5. The second kappa shape index (κ2) is 9.53. The third-order valence-corrected chi connectivity index (χ3v) is 5.63. The van der Waals surface area contributed by atoms with Crippen LogP contribution in [0.5, 0.6) is 0 Å². The summed E-state index contributed by atoms with van der Waals surface area (Å²) in [5.41, 5.74) is -0.173. The maximum atomic E-state index is 13.2. The number of hydrogen-bond donors (Lipinski definition) is 0. The molecule has 0 N–H and O–H groups in total. The van der Waals surface area contributed by atoms with Gasteiger partial charge in [0.05, 0.1) is 23.9 Å². The summed E-state index contributed by atoms with van der Waals surface area (Å²) in [6, 6.07) is 5.04. The number of imidazole rings is 1. The number of aromatic nitrogens is 6. The molecule has 12 heteroatoms. The zero-order chi connectivity index (χ0) is 25.3. The van der Waals surface area contributed by atoms with Crippen molar-refractivity contribution in [2.24, 2.45) is 0 Å². The number of methoxy groups -OCH3 is 1. The summed E-state index contributed by atoms with van der Waals surface area (Å²) in [6.45, 7) is 4.38. The molecular formula is C23H25F3N6O3. The zero-order valence-corrected chi connectivity index (χ0v) is 19.5. The van der Waals surface area contributed by atoms with E-state index in [1.54, 1.807) is 23.8 Å². The molecule has 4 rings (SSSR count). The molecular weight excluding hydrogens is 465 g/mol. The van der Waals surface area contributed by atoms with E-state index < -0.39 is 23.0 Å². The van der Waals surface area contributed by atoms with Gasteiger partial charge in [-0.3, -0.25) is 23.2 Å². The van der Waals surface area contributed by atoms with Crippen LogP contribution in [0.1, 0.15) is 31.4 Å². The number of fused-ring (bicyclic) bond motifs is 1. The molecule has 9 nitrogen and oxygen atoms in total. The second-order valence-electron chi connectivity index (χ2n) is 8.06. The van der Waals surface area contributed by atoms with Crippen molar-refractivity contribution in [1.82, 2.24) is 28.5 Å². The average molecular weight is 490 g/mol. The highest BCUT2D eigenvalue weighted by Crippen LogP contribution is 2.30. The lowest BCUT2D eigenvalue weighted by Gasteiger charge is -2.10. The molecule has 0 atom stereocenters. The van der Waals surface area contributed by atoms with Gasteiger partial charge in [0.2, 0.25) is 0 Å². The van der Waals surface area contributed by atoms with Crippen LogP contribution in [0, 0.1) is 0 Å². The minimum absolute atomic E-state index is 0.00786. The first-order valence-corrected chi connectivity index (χ1v) is 11.1. The Hall–Kier alpha value is -3.67. The molecule has 4 aromatic rings. The van der Waals surface area contributed by atoms with E-state index in [1.165, 1.54) is 33.2 Å². The van der Waals surface area contributed by atoms with Gasteiger partial charge in [-0.25, -0.2) is 9.78 Å². The number of alkyl halides is 3. The Morgan fingerprint density at radius 3 is 2.51 bits per heavy atom. The summed E-state index contributed by atoms with van der Waals surface area (Å²) < 4.78 is 50.2. The van der Waals surface area contributed by atoms with E-state index >= 15 is 0 Å². The van der Waals surface area contributed by atoms with E-state index in [0.29, 0.717) is 29.9 Å². The Balaban J connectivity index is 1.81. The van der Waals surface area contributed by atoms with Crippen LogP contribution < -0.4 is 11.2 Å². The summed E-state index contributed by atoms with van der Waals surface area (Å²) in [6.07, 6.45) is -0.680. The highest BCUT2D eigenvalue weighted by Gasteiger charge is 2.30. The maximum Gasteiger partial charge on any atom is 0.416 e. The SMILES string of the molecule is CCCn1c(=O)c2c(nc(-c3cnn(Cc4cccc(C(F)(F)F)c4)c3)n2COC)n(CC)c1=O. The highest BCUT2D eigenvalue weighted by molar-refractivity contribution is 5.76. The minimum atomic E-state index is -4.43. The van der Waals surface area contributed by atoms with Gasteiger partial charge in [-0.15, -0.1) is 0 Å². The van der Waals surface area contributed by atoms with E-state index in [0.717, 1.165) is 12.1 Å². The molecule has 3 aromatic heterocycles. The van der Waals surface area contributed by atoms with Crippen molar-refractivity contribution < 1.29 is 17.9 Å². The summed E-state index contributed by atoms with van der Waals surface area (Å²) in [5.74, 6) is 0.366. The van der Waals surface area contributed by atoms with Crippen LogP contribution in [0.3, 0.4) is 0 Å². The molecule has 186 valence electrons. The van der Waals surface area contributed by atoms with E-state index in [1.807, 2.05) is 6.92 Å². The standard InChI is InChI=1S/C23H25F3N6O3/c1-4-9-31-21(33)18-20(30(5-2)22(31)34)28-19(32(18)14-35-3)16-11-27-29(13-16)12-15-7-6-8-17(10-15)23(24,25)26/h6-8,10-11,13H,4-5,9,12,14H2,1-3H3. The molecule has 35 heavy (non-hydrogen) atoms. The Kier molecular flexibility index (Phi) is 6.66. The quantitative estimate of drug-likeness (QED) is 0.378. The Bertz CT molecular complexity index is 1480. The Morgan fingerprint density at radius 1 is 1.09 bits per heavy atom. The second-order valence-corrected chi connectivity index (χ2v) is 8.06. The maximum absolute atomic E-state index is 13.2. The fraction of sp³-hybridized carbons (Fsp3) is 0.391. The smallest absolute Gasteiger partial charge is 0.364 e. The molecule has 0 bridgehead atoms. The number of nitrogens with zero attached hydrogens (tertiary/aromatic N) is 6. The predicted molar refractivity (Wildman–Crippen MR) is 123 cm³/mol. The normalized spacial score (nSPS) is 12.1. The summed E-state index contributed by atoms with van der Waals surface area (Å²) in [4.78, 5) is 30.7. The van der Waals surface area contributed by atoms with Crippen LogP contribution >= 0.6 is 0 Å². The average Bonchev–Trinajstić information content (AvgIpc) is 3.42. The van der Waals surface area contributed by atoms with Gasteiger partial charge < -0.3 is 4.74 Å². The third kappa shape index (κ3) is 4.53. The summed E-state index contributed by atoms with van der Waals surface area (Å²) in [5, 5.41) is 4.27. The topological polar surface area (TPSA) is 88.9 Å². The molecule has 0 saturated heterocycles. The molecule has 0 aliphatic rings. The molecule has 0 fully saturated rings. The van der Waals surface area contributed by atoms with Crippen molar-refractivity contribution in [3.05, 3.63) is 68.6 Å². The first-order chi connectivity index (χ1) is 16.7. The van der Waals surface area contributed by atoms with Crippen molar-refractivity contribution >= 4 is 11.2 Å². The lowest BCUT2D eigenvalue weighted by molar-refractivity contribution is -0.137. The molecule has 1 aromatic carbocycles. The molecule has 0 radical (unpaired) electrons. The van der Waals surface area contributed by atoms with Gasteiger partial charge in [-0.05, 0) is 31.0 Å². The van der Waals surface area contributed by atoms with Crippen LogP contribution in [-0.4, -0.2) is 35.6 Å². The molecule has 0 aliphatic heterocycles. The number of hydrogen-bond acceptors (Lipinski definition) is 5. The first-order valence-electron chi connectivity index (χ1n) is 11.1. The van der Waals surface area contributed by atoms with Gasteiger partial charge in [0.1, 0.15) is 12.6 Å². The largest absolute Gasteiger partial charge is 0.416 e. The van der Waals surface area contributed by atoms with Gasteiger partial charge in [0.25, 0.3) is 5.56 Å². The van der Waals surface area contributed by atoms with Crippen LogP contribution in [0.25, 0.3) is 22.6 Å². The monoisotopic (exact) mass is 490 g/mol. The number of ether oxygens (including phenoxy) is 1. The third-order valence-electron chi connectivity index (χ3n) is 5.63. The van der Waals surface area contributed by atoms with E-state index in [2.05, 4.69) is 10.1 Å². The predicted octanol–water partition coefficient (Wildman–Crippen LogP) is 3.32. The van der Waals surface area contributed by atoms with Crippen LogP contribution in [0.15, 0.2) is 46.2 Å². The fourth-order valence-corrected chi connectivity index (χ4v) is 4.07. The summed E-state index contributed by atoms with van der Waals surface area (Å²) >= 11 is 0. The van der Waals surface area contributed by atoms with Crippen molar-refractivity contribution in [2.45, 2.75) is 52.8 Å². The molecule has 0 spiro atoms. The van der Waals surface area contributed by atoms with Crippen LogP contribution in [0.2, 0.25) is 0 Å². The van der Waals surface area contributed by atoms with E-state index in [4.69, 9.17) is 4.74 Å². The van der Waals surface area contributed by atoms with Gasteiger partial charge in [-0.1, -0.05) is 19.1 Å². The van der Waals surface area contributed by atoms with Crippen LogP contribution in [0.4, 0.5) is 13.2 Å². The number of benzene rings is 1. The molecule has 0 unspecified atom stereocenters. The lowest BCUT2D eigenvalue weighted by Crippen LogP contribution is -2.40. The number of rotatable bonds is 8. The molecule has 0 amide bonds. The van der Waals surface area contributed by atoms with E-state index in [-0.39, 0.29) is 31.0 Å². The van der Waals surface area contributed by atoms with Crippen molar-refractivity contribution in [1.29, 1.82) is 0 Å². The fourth-order valence-electron chi connectivity index (χ4n) is 4.07. The lowest BCUT2D eigenvalue weighted by atomic mass is 10.1. The van der Waals surface area contributed by atoms with Gasteiger partial charge >= 0.3 is 11.9 Å². The van der Waals surface area contributed by atoms with Gasteiger partial charge in [-0.2, -0.15) is 18.3 Å².